The Bertz CT molecular complexity index is 633. The summed E-state index contributed by atoms with van der Waals surface area (Å²) in [4.78, 5) is 10.9. The van der Waals surface area contributed by atoms with E-state index in [1.54, 1.807) is 6.07 Å². The van der Waals surface area contributed by atoms with E-state index in [-0.39, 0.29) is 10.6 Å². The first-order valence-electron chi connectivity index (χ1n) is 6.38. The summed E-state index contributed by atoms with van der Waals surface area (Å²) in [7, 11) is 0. The van der Waals surface area contributed by atoms with Crippen LogP contribution in [0.5, 0.6) is 0 Å². The van der Waals surface area contributed by atoms with Crippen LogP contribution in [0.15, 0.2) is 36.4 Å². The first-order valence-corrected chi connectivity index (χ1v) is 6.38. The third-order valence-electron chi connectivity index (χ3n) is 3.35. The van der Waals surface area contributed by atoms with Gasteiger partial charge in [-0.2, -0.15) is 0 Å². The van der Waals surface area contributed by atoms with Crippen molar-refractivity contribution >= 4 is 5.69 Å². The zero-order valence-corrected chi connectivity index (χ0v) is 11.4. The van der Waals surface area contributed by atoms with Gasteiger partial charge in [0, 0.05) is 6.07 Å². The molecule has 0 fully saturated rings. The summed E-state index contributed by atoms with van der Waals surface area (Å²) in [5, 5.41) is 11.2. The van der Waals surface area contributed by atoms with Crippen molar-refractivity contribution < 1.29 is 4.92 Å². The lowest BCUT2D eigenvalue weighted by atomic mass is 9.95. The molecule has 19 heavy (non-hydrogen) atoms. The van der Waals surface area contributed by atoms with Crippen LogP contribution < -0.4 is 0 Å². The van der Waals surface area contributed by atoms with Crippen molar-refractivity contribution in [3.8, 4) is 11.1 Å². The van der Waals surface area contributed by atoms with Gasteiger partial charge in [-0.05, 0) is 43.0 Å². The van der Waals surface area contributed by atoms with E-state index in [2.05, 4.69) is 0 Å². The van der Waals surface area contributed by atoms with Crippen molar-refractivity contribution in [3.63, 3.8) is 0 Å². The fourth-order valence-electron chi connectivity index (χ4n) is 2.20. The van der Waals surface area contributed by atoms with E-state index < -0.39 is 0 Å². The third kappa shape index (κ3) is 2.65. The molecule has 0 aliphatic carbocycles. The molecule has 0 atom stereocenters. The first-order chi connectivity index (χ1) is 9.02. The molecular weight excluding hydrogens is 238 g/mol. The van der Waals surface area contributed by atoms with E-state index in [0.29, 0.717) is 5.56 Å². The quantitative estimate of drug-likeness (QED) is 0.601. The van der Waals surface area contributed by atoms with Crippen LogP contribution in [-0.2, 0) is 6.42 Å². The summed E-state index contributed by atoms with van der Waals surface area (Å²) >= 11 is 0. The number of hydrogen-bond donors (Lipinski definition) is 0. The number of hydrogen-bond acceptors (Lipinski definition) is 2. The highest BCUT2D eigenvalue weighted by molar-refractivity contribution is 5.77. The molecule has 0 N–H and O–H groups in total. The van der Waals surface area contributed by atoms with Crippen molar-refractivity contribution in [3.05, 3.63) is 63.2 Å². The average Bonchev–Trinajstić information content (AvgIpc) is 2.40. The Morgan fingerprint density at radius 1 is 1.05 bits per heavy atom. The highest BCUT2D eigenvalue weighted by atomic mass is 16.6. The number of nitro benzene ring substituents is 1. The van der Waals surface area contributed by atoms with Crippen LogP contribution >= 0.6 is 0 Å². The van der Waals surface area contributed by atoms with E-state index in [9.17, 15) is 10.1 Å². The number of nitro groups is 1. The number of nitrogens with zero attached hydrogens (tertiary/aromatic N) is 1. The van der Waals surface area contributed by atoms with Crippen LogP contribution in [0.3, 0.4) is 0 Å². The van der Waals surface area contributed by atoms with Crippen LogP contribution in [0.1, 0.15) is 23.6 Å². The molecule has 98 valence electrons. The molecule has 0 aliphatic rings. The fourth-order valence-corrected chi connectivity index (χ4v) is 2.20. The Hall–Kier alpha value is -2.16. The average molecular weight is 255 g/mol. The maximum atomic E-state index is 11.2. The summed E-state index contributed by atoms with van der Waals surface area (Å²) in [5.74, 6) is 0. The lowest BCUT2D eigenvalue weighted by molar-refractivity contribution is -0.384. The minimum absolute atomic E-state index is 0.172. The number of rotatable bonds is 3. The van der Waals surface area contributed by atoms with E-state index in [4.69, 9.17) is 0 Å². The summed E-state index contributed by atoms with van der Waals surface area (Å²) in [6, 6.07) is 11.4. The minimum atomic E-state index is -0.309. The molecule has 0 saturated heterocycles. The van der Waals surface area contributed by atoms with Crippen molar-refractivity contribution in [2.45, 2.75) is 27.2 Å². The van der Waals surface area contributed by atoms with Gasteiger partial charge < -0.3 is 0 Å². The zero-order chi connectivity index (χ0) is 14.0. The SMILES string of the molecule is CCc1ccc([N+](=O)[O-])c(-c2cc(C)ccc2C)c1. The van der Waals surface area contributed by atoms with Crippen molar-refractivity contribution in [1.82, 2.24) is 0 Å². The molecule has 0 amide bonds. The molecule has 2 aromatic carbocycles. The van der Waals surface area contributed by atoms with E-state index in [1.807, 2.05) is 51.1 Å². The van der Waals surface area contributed by atoms with Gasteiger partial charge in [-0.1, -0.05) is 36.8 Å². The molecule has 0 radical (unpaired) electrons. The predicted molar refractivity (Wildman–Crippen MR) is 77.4 cm³/mol. The normalized spacial score (nSPS) is 10.5. The van der Waals surface area contributed by atoms with Crippen molar-refractivity contribution in [2.24, 2.45) is 0 Å². The van der Waals surface area contributed by atoms with Crippen molar-refractivity contribution in [2.75, 3.05) is 0 Å². The molecule has 0 saturated carbocycles. The Labute approximate surface area is 113 Å². The Balaban J connectivity index is 2.71. The smallest absolute Gasteiger partial charge is 0.258 e. The maximum absolute atomic E-state index is 11.2. The Morgan fingerprint density at radius 2 is 1.79 bits per heavy atom. The van der Waals surface area contributed by atoms with Gasteiger partial charge in [0.2, 0.25) is 0 Å². The first kappa shape index (κ1) is 13.3. The fraction of sp³-hybridized carbons (Fsp3) is 0.250. The van der Waals surface area contributed by atoms with Crippen LogP contribution in [0.2, 0.25) is 0 Å². The molecule has 3 nitrogen and oxygen atoms in total. The summed E-state index contributed by atoms with van der Waals surface area (Å²) in [5.41, 5.74) is 5.11. The minimum Gasteiger partial charge on any atom is -0.258 e. The number of aryl methyl sites for hydroxylation is 3. The van der Waals surface area contributed by atoms with E-state index >= 15 is 0 Å². The molecule has 3 heteroatoms. The topological polar surface area (TPSA) is 43.1 Å². The molecule has 0 unspecified atom stereocenters. The molecule has 2 rings (SSSR count). The van der Waals surface area contributed by atoms with Crippen LogP contribution in [0.4, 0.5) is 5.69 Å². The van der Waals surface area contributed by atoms with Crippen LogP contribution in [0, 0.1) is 24.0 Å². The van der Waals surface area contributed by atoms with Gasteiger partial charge in [-0.3, -0.25) is 10.1 Å². The molecule has 0 bridgehead atoms. The van der Waals surface area contributed by atoms with Gasteiger partial charge in [-0.25, -0.2) is 0 Å². The second-order valence-corrected chi connectivity index (χ2v) is 4.78. The van der Waals surface area contributed by atoms with Gasteiger partial charge >= 0.3 is 0 Å². The van der Waals surface area contributed by atoms with Crippen LogP contribution in [0.25, 0.3) is 11.1 Å². The molecule has 0 aromatic heterocycles. The lowest BCUT2D eigenvalue weighted by Gasteiger charge is -2.09. The number of benzene rings is 2. The summed E-state index contributed by atoms with van der Waals surface area (Å²) in [6.45, 7) is 6.03. The van der Waals surface area contributed by atoms with Crippen LogP contribution in [-0.4, -0.2) is 4.92 Å². The van der Waals surface area contributed by atoms with Crippen molar-refractivity contribution in [1.29, 1.82) is 0 Å². The Morgan fingerprint density at radius 3 is 2.42 bits per heavy atom. The second kappa shape index (κ2) is 5.22. The largest absolute Gasteiger partial charge is 0.277 e. The van der Waals surface area contributed by atoms with Gasteiger partial charge in [0.1, 0.15) is 0 Å². The molecule has 0 spiro atoms. The van der Waals surface area contributed by atoms with Gasteiger partial charge in [-0.15, -0.1) is 0 Å². The highest BCUT2D eigenvalue weighted by Crippen LogP contribution is 2.33. The Kier molecular flexibility index (Phi) is 3.65. The monoisotopic (exact) mass is 255 g/mol. The third-order valence-corrected chi connectivity index (χ3v) is 3.35. The highest BCUT2D eigenvalue weighted by Gasteiger charge is 2.17. The molecule has 0 aliphatic heterocycles. The predicted octanol–water partition coefficient (Wildman–Crippen LogP) is 4.44. The summed E-state index contributed by atoms with van der Waals surface area (Å²) in [6.07, 6.45) is 0.871. The molecule has 2 aromatic rings. The van der Waals surface area contributed by atoms with Gasteiger partial charge in [0.15, 0.2) is 0 Å². The lowest BCUT2D eigenvalue weighted by Crippen LogP contribution is -1.95. The second-order valence-electron chi connectivity index (χ2n) is 4.78. The standard InChI is InChI=1S/C16H17NO2/c1-4-13-7-8-16(17(18)19)15(10-13)14-9-11(2)5-6-12(14)3/h5-10H,4H2,1-3H3. The van der Waals surface area contributed by atoms with E-state index in [1.165, 1.54) is 0 Å². The maximum Gasteiger partial charge on any atom is 0.277 e. The summed E-state index contributed by atoms with van der Waals surface area (Å²) < 4.78 is 0. The van der Waals surface area contributed by atoms with E-state index in [0.717, 1.165) is 28.7 Å². The molecular formula is C16H17NO2. The van der Waals surface area contributed by atoms with Gasteiger partial charge in [0.05, 0.1) is 10.5 Å². The zero-order valence-electron chi connectivity index (χ0n) is 11.4. The molecule has 0 heterocycles. The van der Waals surface area contributed by atoms with Gasteiger partial charge in [0.25, 0.3) is 5.69 Å².